The molecule has 186 valence electrons. The molecule has 2 fully saturated rings. The number of ether oxygens (including phenoxy) is 1. The molecule has 11 nitrogen and oxygen atoms in total. The van der Waals surface area contributed by atoms with Gasteiger partial charge in [-0.3, -0.25) is 14.2 Å². The van der Waals surface area contributed by atoms with Crippen molar-refractivity contribution in [3.8, 4) is 11.8 Å². The normalized spacial score (nSPS) is 19.4. The minimum absolute atomic E-state index is 0.130. The molecule has 0 bridgehead atoms. The van der Waals surface area contributed by atoms with E-state index in [0.29, 0.717) is 34.7 Å². The molecule has 3 N–H and O–H groups in total. The first-order chi connectivity index (χ1) is 17.4. The summed E-state index contributed by atoms with van der Waals surface area (Å²) < 4.78 is 7.65. The molecule has 1 saturated carbocycles. The number of likely N-dealkylation sites (N-methyl/N-ethyl adjacent to an activating group) is 1. The first kappa shape index (κ1) is 24.0. The van der Waals surface area contributed by atoms with Gasteiger partial charge in [-0.1, -0.05) is 17.5 Å². The van der Waals surface area contributed by atoms with Gasteiger partial charge >= 0.3 is 0 Å². The van der Waals surface area contributed by atoms with Gasteiger partial charge in [-0.15, -0.1) is 0 Å². The van der Waals surface area contributed by atoms with Crippen molar-refractivity contribution in [3.63, 3.8) is 0 Å². The molecule has 2 aliphatic rings. The summed E-state index contributed by atoms with van der Waals surface area (Å²) in [6, 6.07) is 3.39. The lowest BCUT2D eigenvalue weighted by Crippen LogP contribution is -2.44. The Labute approximate surface area is 212 Å². The molecule has 3 aromatic heterocycles. The van der Waals surface area contributed by atoms with E-state index in [-0.39, 0.29) is 36.0 Å². The Kier molecular flexibility index (Phi) is 6.71. The third kappa shape index (κ3) is 4.69. The number of carbonyl (C=O) groups excluding carboxylic acids is 2. The zero-order valence-electron chi connectivity index (χ0n) is 19.6. The molecule has 1 aliphatic heterocycles. The van der Waals surface area contributed by atoms with Gasteiger partial charge in [0, 0.05) is 19.3 Å². The van der Waals surface area contributed by atoms with Gasteiger partial charge in [0.05, 0.1) is 18.4 Å². The Morgan fingerprint density at radius 3 is 2.78 bits per heavy atom. The van der Waals surface area contributed by atoms with Gasteiger partial charge in [0.25, 0.3) is 5.91 Å². The van der Waals surface area contributed by atoms with E-state index in [4.69, 9.17) is 22.1 Å². The second-order valence-electron chi connectivity index (χ2n) is 8.72. The molecule has 4 heterocycles. The number of nitrogens with one attached hydrogen (secondary N) is 1. The summed E-state index contributed by atoms with van der Waals surface area (Å²) in [5.74, 6) is 6.08. The minimum Gasteiger partial charge on any atom is -0.382 e. The van der Waals surface area contributed by atoms with E-state index in [0.717, 1.165) is 19.3 Å². The van der Waals surface area contributed by atoms with E-state index < -0.39 is 12.3 Å². The van der Waals surface area contributed by atoms with Gasteiger partial charge in [-0.05, 0) is 50.2 Å². The van der Waals surface area contributed by atoms with Gasteiger partial charge in [0.2, 0.25) is 11.7 Å². The molecule has 1 aliphatic carbocycles. The lowest BCUT2D eigenvalue weighted by molar-refractivity contribution is -0.133. The van der Waals surface area contributed by atoms with Crippen molar-refractivity contribution in [2.24, 2.45) is 0 Å². The number of nitrogens with two attached hydrogens (primary N) is 1. The fourth-order valence-corrected chi connectivity index (χ4v) is 4.43. The molecule has 0 unspecified atom stereocenters. The number of carbonyl (C=O) groups is 2. The van der Waals surface area contributed by atoms with Crippen LogP contribution in [0.15, 0.2) is 24.7 Å². The molecule has 2 amide bonds. The van der Waals surface area contributed by atoms with Crippen LogP contribution in [0.4, 0.5) is 5.82 Å². The number of rotatable bonds is 5. The molecular formula is C24H25ClN8O3. The van der Waals surface area contributed by atoms with E-state index >= 15 is 0 Å². The molecule has 36 heavy (non-hydrogen) atoms. The van der Waals surface area contributed by atoms with Gasteiger partial charge in [0.1, 0.15) is 23.0 Å². The van der Waals surface area contributed by atoms with Crippen molar-refractivity contribution in [1.82, 2.24) is 34.7 Å². The molecule has 2 atom stereocenters. The Morgan fingerprint density at radius 1 is 1.25 bits per heavy atom. The first-order valence-electron chi connectivity index (χ1n) is 11.7. The minimum atomic E-state index is -0.526. The molecule has 5 rings (SSSR count). The highest BCUT2D eigenvalue weighted by molar-refractivity contribution is 6.29. The van der Waals surface area contributed by atoms with Gasteiger partial charge in [-0.25, -0.2) is 19.9 Å². The number of amides is 2. The number of hydrogen-bond donors (Lipinski definition) is 2. The van der Waals surface area contributed by atoms with Crippen LogP contribution >= 0.6 is 11.6 Å². The standard InChI is InChI=1S/C24H25ClN8O3/c1-27-23(34)16-8-10-19(36-16)33-13-29-20-21(26)30-18(31-22(20)33)6-3-11-32(15-4-2-5-15)24(35)14-7-9-17(25)28-12-14/h7,9,12-13,15-16,19H,2,4-5,8,10-11H2,1H3,(H,27,34)(H2,26,30,31)/t16-,19+/m0/s1. The number of halogens is 1. The zero-order chi connectivity index (χ0) is 25.2. The second-order valence-corrected chi connectivity index (χ2v) is 9.10. The SMILES string of the molecule is CNC(=O)[C@@H]1CC[C@H](n2cnc3c(N)nc(C#CCN(C(=O)c4ccc(Cl)nc4)C4CCC4)nc32)O1. The van der Waals surface area contributed by atoms with Crippen LogP contribution in [0.5, 0.6) is 0 Å². The van der Waals surface area contributed by atoms with E-state index in [1.54, 1.807) is 35.0 Å². The molecule has 0 radical (unpaired) electrons. The van der Waals surface area contributed by atoms with Gasteiger partial charge < -0.3 is 20.7 Å². The molecule has 0 aromatic carbocycles. The number of hydrogen-bond acceptors (Lipinski definition) is 8. The van der Waals surface area contributed by atoms with Crippen LogP contribution < -0.4 is 11.1 Å². The number of imidazole rings is 1. The van der Waals surface area contributed by atoms with E-state index in [1.165, 1.54) is 6.20 Å². The number of aromatic nitrogens is 5. The van der Waals surface area contributed by atoms with Crippen molar-refractivity contribution in [2.45, 2.75) is 50.5 Å². The summed E-state index contributed by atoms with van der Waals surface area (Å²) in [7, 11) is 1.58. The fourth-order valence-electron chi connectivity index (χ4n) is 4.32. The topological polar surface area (TPSA) is 141 Å². The Hall–Kier alpha value is -3.75. The van der Waals surface area contributed by atoms with Gasteiger partial charge in [-0.2, -0.15) is 0 Å². The quantitative estimate of drug-likeness (QED) is 0.393. The summed E-state index contributed by atoms with van der Waals surface area (Å²) in [6.45, 7) is 0.215. The fraction of sp³-hybridized carbons (Fsp3) is 0.417. The van der Waals surface area contributed by atoms with E-state index in [1.807, 2.05) is 0 Å². The highest BCUT2D eigenvalue weighted by Crippen LogP contribution is 2.31. The molecule has 1 saturated heterocycles. The first-order valence-corrected chi connectivity index (χ1v) is 12.1. The highest BCUT2D eigenvalue weighted by Gasteiger charge is 2.32. The van der Waals surface area contributed by atoms with Crippen LogP contribution in [0.1, 0.15) is 54.5 Å². The average Bonchev–Trinajstić information content (AvgIpc) is 3.49. The average molecular weight is 509 g/mol. The molecule has 3 aromatic rings. The van der Waals surface area contributed by atoms with E-state index in [9.17, 15) is 9.59 Å². The van der Waals surface area contributed by atoms with Crippen LogP contribution in [-0.4, -0.2) is 67.0 Å². The van der Waals surface area contributed by atoms with Crippen molar-refractivity contribution < 1.29 is 14.3 Å². The summed E-state index contributed by atoms with van der Waals surface area (Å²) >= 11 is 5.86. The predicted molar refractivity (Wildman–Crippen MR) is 132 cm³/mol. The third-order valence-corrected chi connectivity index (χ3v) is 6.72. The smallest absolute Gasteiger partial charge is 0.256 e. The Bertz CT molecular complexity index is 1360. The number of nitrogens with zero attached hydrogens (tertiary/aromatic N) is 6. The predicted octanol–water partition coefficient (Wildman–Crippen LogP) is 1.93. The van der Waals surface area contributed by atoms with E-state index in [2.05, 4.69) is 37.1 Å². The summed E-state index contributed by atoms with van der Waals surface area (Å²) in [4.78, 5) is 43.9. The van der Waals surface area contributed by atoms with Crippen LogP contribution in [0.25, 0.3) is 11.2 Å². The maximum absolute atomic E-state index is 13.1. The van der Waals surface area contributed by atoms with Crippen molar-refractivity contribution in [2.75, 3.05) is 19.3 Å². The Balaban J connectivity index is 1.37. The maximum Gasteiger partial charge on any atom is 0.256 e. The number of nitrogen functional groups attached to an aromatic ring is 1. The highest BCUT2D eigenvalue weighted by atomic mass is 35.5. The van der Waals surface area contributed by atoms with Crippen molar-refractivity contribution in [1.29, 1.82) is 0 Å². The second kappa shape index (κ2) is 10.1. The largest absolute Gasteiger partial charge is 0.382 e. The molecule has 12 heteroatoms. The summed E-state index contributed by atoms with van der Waals surface area (Å²) in [5.41, 5.74) is 7.51. The van der Waals surface area contributed by atoms with Crippen molar-refractivity contribution in [3.05, 3.63) is 41.2 Å². The lowest BCUT2D eigenvalue weighted by atomic mass is 9.91. The summed E-state index contributed by atoms with van der Waals surface area (Å²) in [5, 5.41) is 2.94. The lowest BCUT2D eigenvalue weighted by Gasteiger charge is -2.36. The maximum atomic E-state index is 13.1. The van der Waals surface area contributed by atoms with Crippen LogP contribution in [0.2, 0.25) is 5.15 Å². The van der Waals surface area contributed by atoms with Crippen LogP contribution in [0, 0.1) is 11.8 Å². The zero-order valence-corrected chi connectivity index (χ0v) is 20.4. The number of anilines is 1. The van der Waals surface area contributed by atoms with Gasteiger partial charge in [0.15, 0.2) is 11.5 Å². The monoisotopic (exact) mass is 508 g/mol. The Morgan fingerprint density at radius 2 is 2.08 bits per heavy atom. The molecule has 0 spiro atoms. The summed E-state index contributed by atoms with van der Waals surface area (Å²) in [6.07, 6.45) is 6.30. The number of fused-ring (bicyclic) bond motifs is 1. The van der Waals surface area contributed by atoms with Crippen LogP contribution in [0.3, 0.4) is 0 Å². The molecular weight excluding hydrogens is 484 g/mol. The van der Waals surface area contributed by atoms with Crippen LogP contribution in [-0.2, 0) is 9.53 Å². The number of pyridine rings is 1. The van der Waals surface area contributed by atoms with Crippen molar-refractivity contribution >= 4 is 40.4 Å². The third-order valence-electron chi connectivity index (χ3n) is 6.49.